The van der Waals surface area contributed by atoms with Gasteiger partial charge in [0.25, 0.3) is 0 Å². The lowest BCUT2D eigenvalue weighted by molar-refractivity contribution is -0.146. The van der Waals surface area contributed by atoms with E-state index in [9.17, 15) is 23.9 Å². The summed E-state index contributed by atoms with van der Waals surface area (Å²) in [7, 11) is 1.14. The Kier molecular flexibility index (Phi) is 6.84. The molecule has 2 bridgehead atoms. The molecule has 2 aromatic rings. The van der Waals surface area contributed by atoms with Gasteiger partial charge in [0.05, 0.1) is 29.0 Å². The molecule has 14 heteroatoms. The van der Waals surface area contributed by atoms with Crippen LogP contribution in [0.3, 0.4) is 0 Å². The Morgan fingerprint density at radius 2 is 1.57 bits per heavy atom. The Morgan fingerprint density at radius 3 is 2.09 bits per heavy atom. The molecular formula is C21H12Cl6FNO5S. The number of aliphatic carboxylic acids is 1. The van der Waals surface area contributed by atoms with E-state index in [1.54, 1.807) is 5.38 Å². The second-order valence-corrected chi connectivity index (χ2v) is 11.9. The smallest absolute Gasteiger partial charge is 0.341 e. The lowest BCUT2D eigenvalue weighted by Gasteiger charge is -2.33. The first-order valence-electron chi connectivity index (χ1n) is 9.56. The number of rotatable bonds is 5. The van der Waals surface area contributed by atoms with E-state index in [0.717, 1.165) is 18.4 Å². The minimum Gasteiger partial charge on any atom is -0.481 e. The first-order valence-corrected chi connectivity index (χ1v) is 12.7. The molecule has 0 saturated heterocycles. The second-order valence-electron chi connectivity index (χ2n) is 7.76. The van der Waals surface area contributed by atoms with Gasteiger partial charge in [-0.1, -0.05) is 58.5 Å². The van der Waals surface area contributed by atoms with E-state index in [1.165, 1.54) is 24.3 Å². The Labute approximate surface area is 231 Å². The number of hydrogen-bond acceptors (Lipinski definition) is 5. The van der Waals surface area contributed by atoms with Crippen molar-refractivity contribution in [2.45, 2.75) is 14.1 Å². The summed E-state index contributed by atoms with van der Waals surface area (Å²) in [6.45, 7) is 0. The van der Waals surface area contributed by atoms with Crippen LogP contribution in [-0.4, -0.2) is 44.1 Å². The van der Waals surface area contributed by atoms with Crippen LogP contribution in [0.25, 0.3) is 11.1 Å². The fraction of sp³-hybridized carbons (Fsp3) is 0.286. The molecule has 1 aromatic carbocycles. The molecule has 0 unspecified atom stereocenters. The molecular weight excluding hydrogens is 610 g/mol. The van der Waals surface area contributed by atoms with Gasteiger partial charge < -0.3 is 15.2 Å². The first kappa shape index (κ1) is 26.8. The molecule has 0 radical (unpaired) electrons. The quantitative estimate of drug-likeness (QED) is 0.296. The van der Waals surface area contributed by atoms with Gasteiger partial charge in [-0.05, 0) is 17.7 Å². The van der Waals surface area contributed by atoms with E-state index < -0.39 is 49.6 Å². The van der Waals surface area contributed by atoms with Crippen LogP contribution >= 0.6 is 80.9 Å². The van der Waals surface area contributed by atoms with Crippen LogP contribution in [0, 0.1) is 17.7 Å². The maximum atomic E-state index is 13.5. The number of methoxy groups -OCH3 is 1. The van der Waals surface area contributed by atoms with Crippen LogP contribution in [0.2, 0.25) is 0 Å². The lowest BCUT2D eigenvalue weighted by Crippen LogP contribution is -2.47. The minimum atomic E-state index is -2.28. The highest BCUT2D eigenvalue weighted by Crippen LogP contribution is 2.76. The normalized spacial score (nSPS) is 28.8. The summed E-state index contributed by atoms with van der Waals surface area (Å²) in [6, 6.07) is 5.29. The van der Waals surface area contributed by atoms with Crippen LogP contribution < -0.4 is 5.32 Å². The van der Waals surface area contributed by atoms with Crippen molar-refractivity contribution in [1.29, 1.82) is 0 Å². The molecule has 2 aliphatic carbocycles. The number of carbonyl (C=O) groups is 3. The number of carbonyl (C=O) groups excluding carboxylic acids is 2. The summed E-state index contributed by atoms with van der Waals surface area (Å²) in [5.74, 6) is -7.26. The number of esters is 1. The summed E-state index contributed by atoms with van der Waals surface area (Å²) >= 11 is 39.5. The molecule has 2 N–H and O–H groups in total. The molecule has 0 aliphatic heterocycles. The van der Waals surface area contributed by atoms with Gasteiger partial charge in [0, 0.05) is 10.9 Å². The van der Waals surface area contributed by atoms with Crippen molar-refractivity contribution >= 4 is 104 Å². The number of carboxylic acids is 1. The highest BCUT2D eigenvalue weighted by atomic mass is 35.5. The summed E-state index contributed by atoms with van der Waals surface area (Å²) in [5, 5.41) is 13.3. The summed E-state index contributed by atoms with van der Waals surface area (Å²) in [6.07, 6.45) is 0. The number of hydrogen-bond donors (Lipinski definition) is 2. The topological polar surface area (TPSA) is 92.7 Å². The predicted octanol–water partition coefficient (Wildman–Crippen LogP) is 6.44. The van der Waals surface area contributed by atoms with Crippen LogP contribution in [0.1, 0.15) is 10.4 Å². The van der Waals surface area contributed by atoms with Gasteiger partial charge in [-0.25, -0.2) is 9.18 Å². The number of carboxylic acid groups (broad SMARTS) is 1. The van der Waals surface area contributed by atoms with Crippen LogP contribution in [0.4, 0.5) is 9.39 Å². The molecule has 0 spiro atoms. The zero-order chi connectivity index (χ0) is 26.1. The van der Waals surface area contributed by atoms with Crippen molar-refractivity contribution < 1.29 is 28.6 Å². The van der Waals surface area contributed by atoms with Crippen molar-refractivity contribution in [2.75, 3.05) is 12.4 Å². The van der Waals surface area contributed by atoms with Gasteiger partial charge in [-0.2, -0.15) is 0 Å². The number of benzene rings is 1. The monoisotopic (exact) mass is 619 g/mol. The number of allylic oxidation sites excluding steroid dienone is 2. The molecule has 35 heavy (non-hydrogen) atoms. The Morgan fingerprint density at radius 1 is 1.03 bits per heavy atom. The summed E-state index contributed by atoms with van der Waals surface area (Å²) in [4.78, 5) is 33.9. The average molecular weight is 622 g/mol. The Hall–Kier alpha value is -1.26. The molecule has 1 amide bonds. The standard InChI is InChI=1S/C21H12Cl6FNO5S/c1-34-18(33)10-9(7-2-4-8(28)5-3-7)6-35-16(10)29-15(30)11-12(17(31)32)20(25)14(23)13(22)19(11,24)21(20,26)27/h2-6,11-12H,1H3,(H,29,30)(H,31,32)/t11-,12-,19+,20+/m1/s1. The van der Waals surface area contributed by atoms with Crippen molar-refractivity contribution in [3.63, 3.8) is 0 Å². The molecule has 6 nitrogen and oxygen atoms in total. The van der Waals surface area contributed by atoms with Crippen molar-refractivity contribution in [1.82, 2.24) is 0 Å². The van der Waals surface area contributed by atoms with Crippen molar-refractivity contribution in [3.05, 3.63) is 51.1 Å². The molecule has 4 rings (SSSR count). The predicted molar refractivity (Wildman–Crippen MR) is 135 cm³/mol. The minimum absolute atomic E-state index is 0.0120. The van der Waals surface area contributed by atoms with Crippen LogP contribution in [0.15, 0.2) is 39.7 Å². The maximum Gasteiger partial charge on any atom is 0.341 e. The van der Waals surface area contributed by atoms with Gasteiger partial charge in [-0.3, -0.25) is 9.59 Å². The average Bonchev–Trinajstić information content (AvgIpc) is 3.30. The fourth-order valence-corrected chi connectivity index (χ4v) is 8.31. The van der Waals surface area contributed by atoms with Gasteiger partial charge in [0.1, 0.15) is 26.1 Å². The number of fused-ring (bicyclic) bond motifs is 2. The third-order valence-corrected chi connectivity index (χ3v) is 11.2. The molecule has 4 atom stereocenters. The molecule has 2 aliphatic rings. The highest BCUT2D eigenvalue weighted by molar-refractivity contribution is 7.15. The zero-order valence-corrected chi connectivity index (χ0v) is 22.5. The van der Waals surface area contributed by atoms with E-state index in [2.05, 4.69) is 5.32 Å². The van der Waals surface area contributed by atoms with Gasteiger partial charge in [-0.15, -0.1) is 34.5 Å². The van der Waals surface area contributed by atoms with Crippen molar-refractivity contribution in [2.24, 2.45) is 11.8 Å². The second kappa shape index (κ2) is 8.94. The largest absolute Gasteiger partial charge is 0.481 e. The molecule has 1 heterocycles. The Balaban J connectivity index is 1.80. The molecule has 1 saturated carbocycles. The Bertz CT molecular complexity index is 1300. The maximum absolute atomic E-state index is 13.5. The van der Waals surface area contributed by atoms with Gasteiger partial charge in [0.2, 0.25) is 5.91 Å². The van der Waals surface area contributed by atoms with Crippen LogP contribution in [0.5, 0.6) is 0 Å². The zero-order valence-electron chi connectivity index (χ0n) is 17.2. The molecule has 1 aromatic heterocycles. The summed E-state index contributed by atoms with van der Waals surface area (Å²) in [5.41, 5.74) is 0.775. The third kappa shape index (κ3) is 3.52. The summed E-state index contributed by atoms with van der Waals surface area (Å²) < 4.78 is 16.0. The van der Waals surface area contributed by atoms with Crippen molar-refractivity contribution in [3.8, 4) is 11.1 Å². The highest BCUT2D eigenvalue weighted by Gasteiger charge is 2.85. The number of ether oxygens (including phenoxy) is 1. The lowest BCUT2D eigenvalue weighted by atomic mass is 9.81. The number of nitrogens with one attached hydrogen (secondary N) is 1. The van der Waals surface area contributed by atoms with Gasteiger partial charge >= 0.3 is 11.9 Å². The number of amides is 1. The number of anilines is 1. The van der Waals surface area contributed by atoms with E-state index in [0.29, 0.717) is 11.1 Å². The van der Waals surface area contributed by atoms with E-state index in [1.807, 2.05) is 0 Å². The SMILES string of the molecule is COC(=O)c1c(-c2ccc(F)cc2)csc1NC(=O)[C@H]1[C@H](C(=O)O)[C@]2(Cl)C(Cl)=C(Cl)[C@]1(Cl)C2(Cl)Cl. The van der Waals surface area contributed by atoms with Gasteiger partial charge in [0.15, 0.2) is 4.33 Å². The molecule has 186 valence electrons. The van der Waals surface area contributed by atoms with E-state index in [4.69, 9.17) is 74.3 Å². The fourth-order valence-electron chi connectivity index (χ4n) is 4.41. The first-order chi connectivity index (χ1) is 16.2. The van der Waals surface area contributed by atoms with E-state index >= 15 is 0 Å². The number of halogens is 7. The third-order valence-electron chi connectivity index (χ3n) is 6.06. The number of thiophene rings is 1. The van der Waals surface area contributed by atoms with Crippen LogP contribution in [-0.2, 0) is 14.3 Å². The van der Waals surface area contributed by atoms with E-state index in [-0.39, 0.29) is 20.6 Å². The molecule has 1 fully saturated rings. The number of alkyl halides is 4.